The van der Waals surface area contributed by atoms with Gasteiger partial charge in [-0.05, 0) is 54.2 Å². The van der Waals surface area contributed by atoms with E-state index in [0.717, 1.165) is 16.0 Å². The fraction of sp³-hybridized carbons (Fsp3) is 0.500. The summed E-state index contributed by atoms with van der Waals surface area (Å²) in [5.74, 6) is 1.54. The van der Waals surface area contributed by atoms with Gasteiger partial charge in [0.15, 0.2) is 9.84 Å². The zero-order chi connectivity index (χ0) is 23.0. The van der Waals surface area contributed by atoms with Gasteiger partial charge in [0, 0.05) is 21.7 Å². The molecular weight excluding hydrogens is 448 g/mol. The first-order chi connectivity index (χ1) is 14.7. The lowest BCUT2D eigenvalue weighted by Gasteiger charge is -2.30. The van der Waals surface area contributed by atoms with E-state index in [0.29, 0.717) is 16.4 Å². The first kappa shape index (κ1) is 26.3. The van der Waals surface area contributed by atoms with Crippen LogP contribution in [-0.4, -0.2) is 53.9 Å². The third kappa shape index (κ3) is 6.99. The largest absolute Gasteiger partial charge is 0.396 e. The highest BCUT2D eigenvalue weighted by Crippen LogP contribution is 2.33. The van der Waals surface area contributed by atoms with Gasteiger partial charge in [-0.25, -0.2) is 8.42 Å². The molecule has 0 saturated heterocycles. The summed E-state index contributed by atoms with van der Waals surface area (Å²) in [5.41, 5.74) is 2.00. The zero-order valence-electron chi connectivity index (χ0n) is 18.7. The number of hydrogen-bond donors (Lipinski definition) is 2. The minimum Gasteiger partial charge on any atom is -0.396 e. The van der Waals surface area contributed by atoms with Crippen molar-refractivity contribution in [1.29, 1.82) is 0 Å². The fourth-order valence-electron chi connectivity index (χ4n) is 3.49. The summed E-state index contributed by atoms with van der Waals surface area (Å²) in [6.07, 6.45) is 0. The van der Waals surface area contributed by atoms with Crippen molar-refractivity contribution in [3.63, 3.8) is 0 Å². The topological polar surface area (TPSA) is 74.6 Å². The quantitative estimate of drug-likeness (QED) is 0.415. The van der Waals surface area contributed by atoms with Crippen molar-refractivity contribution in [3.05, 3.63) is 48.5 Å². The van der Waals surface area contributed by atoms with E-state index < -0.39 is 15.1 Å². The maximum atomic E-state index is 13.2. The minimum absolute atomic E-state index is 0.00478. The van der Waals surface area contributed by atoms with Crippen molar-refractivity contribution >= 4 is 33.4 Å². The molecule has 2 rings (SSSR count). The van der Waals surface area contributed by atoms with Gasteiger partial charge in [-0.3, -0.25) is 0 Å². The molecule has 4 nitrogen and oxygen atoms in total. The Morgan fingerprint density at radius 2 is 1.29 bits per heavy atom. The normalized spacial score (nSPS) is 15.9. The number of thioether (sulfide) groups is 2. The van der Waals surface area contributed by atoms with Gasteiger partial charge in [0.25, 0.3) is 0 Å². The predicted octanol–water partition coefficient (Wildman–Crippen LogP) is 4.99. The Bertz CT molecular complexity index is 895. The van der Waals surface area contributed by atoms with Crippen molar-refractivity contribution in [3.8, 4) is 11.1 Å². The zero-order valence-corrected chi connectivity index (χ0v) is 21.1. The summed E-state index contributed by atoms with van der Waals surface area (Å²) in [6.45, 7) is 8.30. The standard InChI is InChI=1S/C24H34O4S3/c1-17(19(3)29-15-13-25)18(2)20(4)31(27,28)24-11-7-22(8-12-24)21-5-9-23(10-6-21)30-16-14-26/h5-12,17-20,25-26H,13-16H2,1-4H3/t17-,18-,19?,20+/m0/s1. The van der Waals surface area contributed by atoms with Crippen LogP contribution in [0.3, 0.4) is 0 Å². The Morgan fingerprint density at radius 1 is 0.774 bits per heavy atom. The molecule has 4 atom stereocenters. The van der Waals surface area contributed by atoms with Crippen LogP contribution in [0.25, 0.3) is 11.1 Å². The first-order valence-corrected chi connectivity index (χ1v) is 14.2. The van der Waals surface area contributed by atoms with E-state index in [1.807, 2.05) is 43.3 Å². The highest BCUT2D eigenvalue weighted by molar-refractivity contribution is 8.00. The Labute approximate surface area is 195 Å². The maximum Gasteiger partial charge on any atom is 0.181 e. The summed E-state index contributed by atoms with van der Waals surface area (Å²) in [7, 11) is -3.44. The summed E-state index contributed by atoms with van der Waals surface area (Å²) in [6, 6.07) is 15.2. The number of sulfone groups is 1. The van der Waals surface area contributed by atoms with Gasteiger partial charge < -0.3 is 10.2 Å². The van der Waals surface area contributed by atoms with Gasteiger partial charge in [0.2, 0.25) is 0 Å². The van der Waals surface area contributed by atoms with Gasteiger partial charge in [0.05, 0.1) is 23.4 Å². The molecule has 0 aliphatic rings. The van der Waals surface area contributed by atoms with Crippen LogP contribution in [0.5, 0.6) is 0 Å². The second-order valence-corrected chi connectivity index (χ2v) is 12.8. The molecule has 1 unspecified atom stereocenters. The third-order valence-corrected chi connectivity index (χ3v) is 10.7. The van der Waals surface area contributed by atoms with E-state index in [9.17, 15) is 8.42 Å². The van der Waals surface area contributed by atoms with E-state index in [4.69, 9.17) is 10.2 Å². The highest BCUT2D eigenvalue weighted by Gasteiger charge is 2.33. The molecule has 0 heterocycles. The number of benzene rings is 2. The van der Waals surface area contributed by atoms with Crippen LogP contribution >= 0.6 is 23.5 Å². The lowest BCUT2D eigenvalue weighted by Crippen LogP contribution is -2.33. The van der Waals surface area contributed by atoms with Crippen molar-refractivity contribution in [2.45, 2.75) is 48.0 Å². The molecule has 0 amide bonds. The lowest BCUT2D eigenvalue weighted by molar-refractivity contribution is 0.321. The molecule has 172 valence electrons. The molecule has 31 heavy (non-hydrogen) atoms. The molecule has 7 heteroatoms. The molecule has 0 radical (unpaired) electrons. The third-order valence-electron chi connectivity index (χ3n) is 6.00. The minimum atomic E-state index is -3.44. The van der Waals surface area contributed by atoms with E-state index >= 15 is 0 Å². The molecule has 0 aliphatic carbocycles. The summed E-state index contributed by atoms with van der Waals surface area (Å²) < 4.78 is 26.5. The van der Waals surface area contributed by atoms with Crippen LogP contribution < -0.4 is 0 Å². The van der Waals surface area contributed by atoms with Crippen LogP contribution in [0.15, 0.2) is 58.3 Å². The van der Waals surface area contributed by atoms with Crippen LogP contribution in [0.2, 0.25) is 0 Å². The second kappa shape index (κ2) is 12.3. The first-order valence-electron chi connectivity index (χ1n) is 10.6. The monoisotopic (exact) mass is 482 g/mol. The van der Waals surface area contributed by atoms with Crippen molar-refractivity contribution in [2.75, 3.05) is 24.7 Å². The summed E-state index contributed by atoms with van der Waals surface area (Å²) >= 11 is 3.28. The van der Waals surface area contributed by atoms with Gasteiger partial charge in [-0.15, -0.1) is 11.8 Å². The van der Waals surface area contributed by atoms with Crippen molar-refractivity contribution in [1.82, 2.24) is 0 Å². The Morgan fingerprint density at radius 3 is 1.81 bits per heavy atom. The summed E-state index contributed by atoms with van der Waals surface area (Å²) in [4.78, 5) is 1.45. The fourth-order valence-corrected chi connectivity index (χ4v) is 6.93. The number of aliphatic hydroxyl groups excluding tert-OH is 2. The molecule has 2 aromatic rings. The van der Waals surface area contributed by atoms with Gasteiger partial charge in [0.1, 0.15) is 0 Å². The lowest BCUT2D eigenvalue weighted by atomic mass is 9.91. The van der Waals surface area contributed by atoms with E-state index in [1.165, 1.54) is 0 Å². The Hall–Kier alpha value is -0.990. The molecule has 0 saturated carbocycles. The average molecular weight is 483 g/mol. The van der Waals surface area contributed by atoms with Crippen LogP contribution in [0.4, 0.5) is 0 Å². The Kier molecular flexibility index (Phi) is 10.4. The molecule has 0 bridgehead atoms. The van der Waals surface area contributed by atoms with Crippen molar-refractivity contribution in [2.24, 2.45) is 11.8 Å². The molecule has 0 fully saturated rings. The van der Waals surface area contributed by atoms with Crippen LogP contribution in [-0.2, 0) is 9.84 Å². The van der Waals surface area contributed by atoms with Gasteiger partial charge in [-0.2, -0.15) is 11.8 Å². The molecule has 2 N–H and O–H groups in total. The van der Waals surface area contributed by atoms with Crippen LogP contribution in [0.1, 0.15) is 27.7 Å². The van der Waals surface area contributed by atoms with E-state index in [2.05, 4.69) is 13.8 Å². The summed E-state index contributed by atoms with van der Waals surface area (Å²) in [5, 5.41) is 17.8. The number of aliphatic hydroxyl groups is 2. The molecule has 2 aromatic carbocycles. The van der Waals surface area contributed by atoms with Gasteiger partial charge in [-0.1, -0.05) is 45.0 Å². The molecule has 0 aromatic heterocycles. The van der Waals surface area contributed by atoms with Crippen molar-refractivity contribution < 1.29 is 18.6 Å². The average Bonchev–Trinajstić information content (AvgIpc) is 2.80. The number of hydrogen-bond acceptors (Lipinski definition) is 6. The van der Waals surface area contributed by atoms with E-state index in [1.54, 1.807) is 42.6 Å². The smallest absolute Gasteiger partial charge is 0.181 e. The van der Waals surface area contributed by atoms with Gasteiger partial charge >= 0.3 is 0 Å². The Balaban J connectivity index is 2.13. The number of rotatable bonds is 12. The van der Waals surface area contributed by atoms with Crippen LogP contribution in [0, 0.1) is 11.8 Å². The molecular formula is C24H34O4S3. The second-order valence-electron chi connectivity index (χ2n) is 7.89. The SMILES string of the molecule is CC(SCCO)[C@@H](C)[C@H](C)[C@@H](C)S(=O)(=O)c1ccc(-c2ccc(SCCO)cc2)cc1. The van der Waals surface area contributed by atoms with E-state index in [-0.39, 0.29) is 30.3 Å². The maximum absolute atomic E-state index is 13.2. The molecule has 0 spiro atoms. The highest BCUT2D eigenvalue weighted by atomic mass is 32.2. The predicted molar refractivity (Wildman–Crippen MR) is 134 cm³/mol. The molecule has 0 aliphatic heterocycles.